The van der Waals surface area contributed by atoms with Gasteiger partial charge in [-0.15, -0.1) is 0 Å². The van der Waals surface area contributed by atoms with Crippen LogP contribution in [-0.2, 0) is 4.79 Å². The van der Waals surface area contributed by atoms with Crippen LogP contribution >= 0.6 is 0 Å². The van der Waals surface area contributed by atoms with Crippen molar-refractivity contribution in [1.82, 2.24) is 0 Å². The van der Waals surface area contributed by atoms with Crippen LogP contribution in [0.5, 0.6) is 0 Å². The molecule has 1 aliphatic carbocycles. The van der Waals surface area contributed by atoms with Crippen LogP contribution in [0.15, 0.2) is 12.2 Å². The van der Waals surface area contributed by atoms with Crippen LogP contribution in [0.4, 0.5) is 0 Å². The molecule has 0 aromatic heterocycles. The Hall–Kier alpha value is -0.790. The first kappa shape index (κ1) is 11.3. The second kappa shape index (κ2) is 4.16. The van der Waals surface area contributed by atoms with Crippen molar-refractivity contribution in [3.05, 3.63) is 12.2 Å². The first-order valence-corrected chi connectivity index (χ1v) is 5.30. The third-order valence-electron chi connectivity index (χ3n) is 2.93. The van der Waals surface area contributed by atoms with E-state index in [1.54, 1.807) is 0 Å². The molecule has 0 bridgehead atoms. The third-order valence-corrected chi connectivity index (χ3v) is 2.93. The molecule has 1 N–H and O–H groups in total. The maximum absolute atomic E-state index is 10.4. The fourth-order valence-corrected chi connectivity index (χ4v) is 2.78. The molecule has 1 saturated carbocycles. The van der Waals surface area contributed by atoms with E-state index < -0.39 is 5.97 Å². The molecular weight excluding hydrogens is 176 g/mol. The molecule has 0 spiro atoms. The zero-order valence-corrected chi connectivity index (χ0v) is 9.29. The quantitative estimate of drug-likeness (QED) is 0.689. The molecule has 0 saturated heterocycles. The summed E-state index contributed by atoms with van der Waals surface area (Å²) in [6.45, 7) is 6.79. The minimum Gasteiger partial charge on any atom is -0.478 e. The van der Waals surface area contributed by atoms with Gasteiger partial charge in [-0.2, -0.15) is 0 Å². The van der Waals surface area contributed by atoms with Gasteiger partial charge in [0.25, 0.3) is 0 Å². The van der Waals surface area contributed by atoms with Gasteiger partial charge in [-0.1, -0.05) is 26.8 Å². The number of carbonyl (C=O) groups is 1. The summed E-state index contributed by atoms with van der Waals surface area (Å²) in [5, 5.41) is 8.55. The zero-order chi connectivity index (χ0) is 10.8. The van der Waals surface area contributed by atoms with E-state index in [0.29, 0.717) is 17.3 Å². The standard InChI is InChI=1S/C12H20O2/c1-9-6-10(4-5-11(13)14)8-12(2,3)7-9/h4-5,9-10H,6-8H2,1-3H3,(H,13,14)/b5-4+. The zero-order valence-electron chi connectivity index (χ0n) is 9.29. The minimum atomic E-state index is -0.832. The minimum absolute atomic E-state index is 0.366. The molecule has 2 nitrogen and oxygen atoms in total. The molecular formula is C12H20O2. The first-order chi connectivity index (χ1) is 6.39. The smallest absolute Gasteiger partial charge is 0.327 e. The molecule has 2 heteroatoms. The fourth-order valence-electron chi connectivity index (χ4n) is 2.78. The summed E-state index contributed by atoms with van der Waals surface area (Å²) in [4.78, 5) is 10.4. The Balaban J connectivity index is 2.58. The molecule has 0 aromatic carbocycles. The predicted octanol–water partition coefficient (Wildman–Crippen LogP) is 3.09. The molecule has 2 unspecified atom stereocenters. The summed E-state index contributed by atoms with van der Waals surface area (Å²) in [5.74, 6) is 0.327. The number of allylic oxidation sites excluding steroid dienone is 1. The maximum Gasteiger partial charge on any atom is 0.327 e. The Morgan fingerprint density at radius 1 is 1.43 bits per heavy atom. The summed E-state index contributed by atoms with van der Waals surface area (Å²) in [7, 11) is 0. The van der Waals surface area contributed by atoms with Gasteiger partial charge in [-0.05, 0) is 36.5 Å². The highest BCUT2D eigenvalue weighted by atomic mass is 16.4. The van der Waals surface area contributed by atoms with Gasteiger partial charge in [0.2, 0.25) is 0 Å². The van der Waals surface area contributed by atoms with Crippen molar-refractivity contribution in [2.45, 2.75) is 40.0 Å². The Morgan fingerprint density at radius 2 is 2.07 bits per heavy atom. The van der Waals surface area contributed by atoms with Crippen molar-refractivity contribution >= 4 is 5.97 Å². The molecule has 0 amide bonds. The van der Waals surface area contributed by atoms with E-state index in [1.165, 1.54) is 12.5 Å². The normalized spacial score (nSPS) is 31.9. The topological polar surface area (TPSA) is 37.3 Å². The van der Waals surface area contributed by atoms with E-state index in [4.69, 9.17) is 5.11 Å². The molecule has 80 valence electrons. The molecule has 1 fully saturated rings. The SMILES string of the molecule is CC1CC(/C=C/C(=O)O)CC(C)(C)C1. The maximum atomic E-state index is 10.4. The van der Waals surface area contributed by atoms with Crippen molar-refractivity contribution < 1.29 is 9.90 Å². The van der Waals surface area contributed by atoms with E-state index in [9.17, 15) is 4.79 Å². The number of hydrogen-bond acceptors (Lipinski definition) is 1. The van der Waals surface area contributed by atoms with Crippen molar-refractivity contribution in [2.24, 2.45) is 17.3 Å². The van der Waals surface area contributed by atoms with Crippen LogP contribution in [0.1, 0.15) is 40.0 Å². The van der Waals surface area contributed by atoms with Gasteiger partial charge < -0.3 is 5.11 Å². The Kier molecular flexibility index (Phi) is 3.35. The van der Waals surface area contributed by atoms with Gasteiger partial charge in [0, 0.05) is 6.08 Å². The van der Waals surface area contributed by atoms with Gasteiger partial charge in [0.05, 0.1) is 0 Å². The highest BCUT2D eigenvalue weighted by Gasteiger charge is 2.30. The van der Waals surface area contributed by atoms with E-state index in [-0.39, 0.29) is 0 Å². The lowest BCUT2D eigenvalue weighted by molar-refractivity contribution is -0.131. The fraction of sp³-hybridized carbons (Fsp3) is 0.750. The molecule has 2 atom stereocenters. The average Bonchev–Trinajstić information content (AvgIpc) is 1.96. The summed E-state index contributed by atoms with van der Waals surface area (Å²) < 4.78 is 0. The van der Waals surface area contributed by atoms with E-state index in [2.05, 4.69) is 20.8 Å². The second-order valence-electron chi connectivity index (χ2n) is 5.37. The lowest BCUT2D eigenvalue weighted by Gasteiger charge is -2.37. The third kappa shape index (κ3) is 3.52. The molecule has 0 radical (unpaired) electrons. The van der Waals surface area contributed by atoms with Gasteiger partial charge in [-0.3, -0.25) is 0 Å². The molecule has 14 heavy (non-hydrogen) atoms. The molecule has 0 aromatic rings. The summed E-state index contributed by atoms with van der Waals surface area (Å²) in [6.07, 6.45) is 6.65. The van der Waals surface area contributed by atoms with Crippen LogP contribution in [0.3, 0.4) is 0 Å². The second-order valence-corrected chi connectivity index (χ2v) is 5.37. The Labute approximate surface area is 86.0 Å². The number of carboxylic acids is 1. The summed E-state index contributed by atoms with van der Waals surface area (Å²) in [5.41, 5.74) is 0.366. The van der Waals surface area contributed by atoms with Gasteiger partial charge in [0.1, 0.15) is 0 Å². The van der Waals surface area contributed by atoms with Gasteiger partial charge in [0.15, 0.2) is 0 Å². The number of aliphatic carboxylic acids is 1. The van der Waals surface area contributed by atoms with Crippen LogP contribution < -0.4 is 0 Å². The lowest BCUT2D eigenvalue weighted by Crippen LogP contribution is -2.26. The van der Waals surface area contributed by atoms with Crippen LogP contribution in [-0.4, -0.2) is 11.1 Å². The van der Waals surface area contributed by atoms with Crippen molar-refractivity contribution in [3.63, 3.8) is 0 Å². The van der Waals surface area contributed by atoms with E-state index in [1.807, 2.05) is 6.08 Å². The van der Waals surface area contributed by atoms with Crippen molar-refractivity contribution in [2.75, 3.05) is 0 Å². The first-order valence-electron chi connectivity index (χ1n) is 5.30. The predicted molar refractivity (Wildman–Crippen MR) is 57.1 cm³/mol. The summed E-state index contributed by atoms with van der Waals surface area (Å²) in [6, 6.07) is 0. The summed E-state index contributed by atoms with van der Waals surface area (Å²) >= 11 is 0. The van der Waals surface area contributed by atoms with Crippen molar-refractivity contribution in [3.8, 4) is 0 Å². The number of carboxylic acid groups (broad SMARTS) is 1. The van der Waals surface area contributed by atoms with Crippen molar-refractivity contribution in [1.29, 1.82) is 0 Å². The van der Waals surface area contributed by atoms with Crippen LogP contribution in [0.25, 0.3) is 0 Å². The van der Waals surface area contributed by atoms with E-state index in [0.717, 1.165) is 12.8 Å². The van der Waals surface area contributed by atoms with Crippen LogP contribution in [0.2, 0.25) is 0 Å². The highest BCUT2D eigenvalue weighted by molar-refractivity contribution is 5.79. The average molecular weight is 196 g/mol. The largest absolute Gasteiger partial charge is 0.478 e. The highest BCUT2D eigenvalue weighted by Crippen LogP contribution is 2.41. The molecule has 1 aliphatic rings. The lowest BCUT2D eigenvalue weighted by atomic mass is 9.68. The molecule has 1 rings (SSSR count). The van der Waals surface area contributed by atoms with Gasteiger partial charge in [-0.25, -0.2) is 4.79 Å². The van der Waals surface area contributed by atoms with Gasteiger partial charge >= 0.3 is 5.97 Å². The Bertz CT molecular complexity index is 241. The van der Waals surface area contributed by atoms with Crippen LogP contribution in [0, 0.1) is 17.3 Å². The Morgan fingerprint density at radius 3 is 2.57 bits per heavy atom. The monoisotopic (exact) mass is 196 g/mol. The molecule has 0 aliphatic heterocycles. The van der Waals surface area contributed by atoms with E-state index >= 15 is 0 Å². The number of rotatable bonds is 2. The number of hydrogen-bond donors (Lipinski definition) is 1. The molecule has 0 heterocycles.